The highest BCUT2D eigenvalue weighted by molar-refractivity contribution is 6.18. The molecule has 1 heterocycles. The molecule has 5 aromatic carbocycles. The van der Waals surface area contributed by atoms with E-state index in [0.717, 1.165) is 17.7 Å². The number of hydrogen-bond donors (Lipinski definition) is 0. The molecule has 1 nitrogen and oxygen atoms in total. The van der Waals surface area contributed by atoms with Crippen LogP contribution in [0, 0.1) is 27.7 Å². The van der Waals surface area contributed by atoms with Crippen LogP contribution in [-0.4, -0.2) is 13.3 Å². The summed E-state index contributed by atoms with van der Waals surface area (Å²) in [4.78, 5) is 0. The second-order valence-corrected chi connectivity index (χ2v) is 12.1. The van der Waals surface area contributed by atoms with Crippen LogP contribution in [0.5, 0.6) is 5.75 Å². The van der Waals surface area contributed by atoms with E-state index < -0.39 is 10.9 Å². The van der Waals surface area contributed by atoms with Crippen molar-refractivity contribution in [1.82, 2.24) is 0 Å². The standard InChI is InChI=1S/C38H31BO/c1-21-22(2)24(4)33-32(23(21)3)34-27-14-8-11-17-31(27)38(35(34)28-18-19-37(5,39)40-36(28)33)29-15-9-6-12-25(29)20-26-13-7-10-16-30(26)38/h6-19H,20H2,1-5H3. The lowest BCUT2D eigenvalue weighted by atomic mass is 9.60. The molecular weight excluding hydrogens is 483 g/mol. The second kappa shape index (κ2) is 7.79. The van der Waals surface area contributed by atoms with Crippen LogP contribution in [0.15, 0.2) is 78.9 Å². The lowest BCUT2D eigenvalue weighted by Gasteiger charge is -2.42. The maximum atomic E-state index is 6.79. The first-order valence-corrected chi connectivity index (χ1v) is 14.3. The van der Waals surface area contributed by atoms with E-state index >= 15 is 0 Å². The van der Waals surface area contributed by atoms with E-state index in [1.54, 1.807) is 0 Å². The molecule has 1 spiro atoms. The van der Waals surface area contributed by atoms with E-state index in [9.17, 15) is 0 Å². The van der Waals surface area contributed by atoms with Gasteiger partial charge in [-0.3, -0.25) is 0 Å². The highest BCUT2D eigenvalue weighted by Crippen LogP contribution is 2.64. The average molecular weight is 514 g/mol. The molecule has 2 aliphatic carbocycles. The molecule has 8 rings (SSSR count). The van der Waals surface area contributed by atoms with Crippen molar-refractivity contribution in [3.8, 4) is 16.9 Å². The van der Waals surface area contributed by atoms with Gasteiger partial charge >= 0.3 is 0 Å². The van der Waals surface area contributed by atoms with Crippen LogP contribution < -0.4 is 4.74 Å². The maximum Gasteiger partial charge on any atom is 0.137 e. The molecule has 192 valence electrons. The summed E-state index contributed by atoms with van der Waals surface area (Å²) in [6.45, 7) is 11.0. The number of rotatable bonds is 0. The van der Waals surface area contributed by atoms with Crippen LogP contribution in [0.4, 0.5) is 0 Å². The van der Waals surface area contributed by atoms with Crippen LogP contribution in [0.3, 0.4) is 0 Å². The lowest BCUT2D eigenvalue weighted by Crippen LogP contribution is -2.36. The van der Waals surface area contributed by atoms with E-state index in [1.165, 1.54) is 77.5 Å². The van der Waals surface area contributed by atoms with Gasteiger partial charge < -0.3 is 4.74 Å². The van der Waals surface area contributed by atoms with Gasteiger partial charge in [-0.1, -0.05) is 84.9 Å². The fourth-order valence-electron chi connectivity index (χ4n) is 8.00. The van der Waals surface area contributed by atoms with E-state index in [1.807, 2.05) is 13.0 Å². The number of hydrogen-bond acceptors (Lipinski definition) is 1. The molecule has 0 saturated carbocycles. The van der Waals surface area contributed by atoms with Crippen molar-refractivity contribution in [3.05, 3.63) is 140 Å². The zero-order valence-electron chi connectivity index (χ0n) is 23.8. The van der Waals surface area contributed by atoms with Gasteiger partial charge in [-0.2, -0.15) is 0 Å². The van der Waals surface area contributed by atoms with Crippen molar-refractivity contribution in [2.45, 2.75) is 52.0 Å². The summed E-state index contributed by atoms with van der Waals surface area (Å²) in [5, 5.41) is 2.49. The summed E-state index contributed by atoms with van der Waals surface area (Å²) in [6.07, 6.45) is 5.21. The van der Waals surface area contributed by atoms with Gasteiger partial charge in [-0.25, -0.2) is 0 Å². The Labute approximate surface area is 237 Å². The first-order chi connectivity index (χ1) is 19.3. The minimum Gasteiger partial charge on any atom is -0.492 e. The Morgan fingerprint density at radius 3 is 1.88 bits per heavy atom. The monoisotopic (exact) mass is 514 g/mol. The summed E-state index contributed by atoms with van der Waals surface area (Å²) in [5.74, 6) is 0.915. The van der Waals surface area contributed by atoms with Gasteiger partial charge in [-0.05, 0) is 113 Å². The zero-order valence-corrected chi connectivity index (χ0v) is 23.8. The summed E-state index contributed by atoms with van der Waals surface area (Å²) in [5.41, 5.74) is 15.9. The first kappa shape index (κ1) is 23.8. The fourth-order valence-corrected chi connectivity index (χ4v) is 8.00. The zero-order chi connectivity index (χ0) is 27.6. The average Bonchev–Trinajstić information content (AvgIpc) is 3.25. The van der Waals surface area contributed by atoms with Gasteiger partial charge in [-0.15, -0.1) is 0 Å². The van der Waals surface area contributed by atoms with Gasteiger partial charge in [0.25, 0.3) is 0 Å². The van der Waals surface area contributed by atoms with Crippen LogP contribution >= 0.6 is 0 Å². The predicted molar refractivity (Wildman–Crippen MR) is 167 cm³/mol. The Morgan fingerprint density at radius 2 is 1.23 bits per heavy atom. The van der Waals surface area contributed by atoms with Crippen molar-refractivity contribution < 1.29 is 4.74 Å². The molecule has 1 unspecified atom stereocenters. The highest BCUT2D eigenvalue weighted by atomic mass is 16.5. The predicted octanol–water partition coefficient (Wildman–Crippen LogP) is 8.63. The van der Waals surface area contributed by atoms with Crippen LogP contribution in [0.25, 0.3) is 28.0 Å². The Hall–Kier alpha value is -4.04. The molecule has 0 bridgehead atoms. The molecular formula is C38H31BO. The van der Waals surface area contributed by atoms with E-state index in [-0.39, 0.29) is 0 Å². The Kier molecular flexibility index (Phi) is 4.64. The molecule has 1 aliphatic heterocycles. The Balaban J connectivity index is 1.70. The number of benzene rings is 5. The quantitative estimate of drug-likeness (QED) is 0.184. The van der Waals surface area contributed by atoms with E-state index in [0.29, 0.717) is 0 Å². The van der Waals surface area contributed by atoms with E-state index in [4.69, 9.17) is 12.6 Å². The van der Waals surface area contributed by atoms with Gasteiger partial charge in [0.05, 0.1) is 10.9 Å². The largest absolute Gasteiger partial charge is 0.492 e. The molecule has 2 radical (unpaired) electrons. The van der Waals surface area contributed by atoms with Crippen LogP contribution in [0.1, 0.15) is 68.1 Å². The van der Waals surface area contributed by atoms with Gasteiger partial charge in [0.15, 0.2) is 0 Å². The van der Waals surface area contributed by atoms with Gasteiger partial charge in [0, 0.05) is 10.9 Å². The topological polar surface area (TPSA) is 9.23 Å². The molecule has 1 atom stereocenters. The number of fused-ring (bicyclic) bond motifs is 14. The highest BCUT2D eigenvalue weighted by Gasteiger charge is 2.52. The molecule has 0 amide bonds. The van der Waals surface area contributed by atoms with Crippen molar-refractivity contribution in [2.24, 2.45) is 0 Å². The second-order valence-electron chi connectivity index (χ2n) is 12.1. The summed E-state index contributed by atoms with van der Waals surface area (Å²) < 4.78 is 6.79. The van der Waals surface area contributed by atoms with Crippen LogP contribution in [-0.2, 0) is 11.8 Å². The SMILES string of the molecule is [B]C1(C)C=Cc2c3c(c4c(C)c(C)c(C)c(C)c4c2O1)-c1ccccc1C31c2ccccc2Cc2ccccc21. The van der Waals surface area contributed by atoms with Crippen molar-refractivity contribution in [2.75, 3.05) is 0 Å². The van der Waals surface area contributed by atoms with E-state index in [2.05, 4.69) is 107 Å². The van der Waals surface area contributed by atoms with Gasteiger partial charge in [0.2, 0.25) is 0 Å². The van der Waals surface area contributed by atoms with Gasteiger partial charge in [0.1, 0.15) is 13.6 Å². The van der Waals surface area contributed by atoms with Crippen molar-refractivity contribution in [3.63, 3.8) is 0 Å². The summed E-state index contributed by atoms with van der Waals surface area (Å²) >= 11 is 0. The third-order valence-electron chi connectivity index (χ3n) is 10.0. The lowest BCUT2D eigenvalue weighted by molar-refractivity contribution is 0.227. The van der Waals surface area contributed by atoms with Crippen molar-refractivity contribution in [1.29, 1.82) is 0 Å². The molecule has 0 N–H and O–H groups in total. The van der Waals surface area contributed by atoms with Crippen molar-refractivity contribution >= 4 is 24.7 Å². The first-order valence-electron chi connectivity index (χ1n) is 14.3. The van der Waals surface area contributed by atoms with Crippen LogP contribution in [0.2, 0.25) is 0 Å². The minimum atomic E-state index is -0.881. The smallest absolute Gasteiger partial charge is 0.137 e. The fraction of sp³-hybridized carbons (Fsp3) is 0.211. The minimum absolute atomic E-state index is 0.454. The normalized spacial score (nSPS) is 19.0. The Bertz CT molecular complexity index is 1930. The molecule has 40 heavy (non-hydrogen) atoms. The number of ether oxygens (including phenoxy) is 1. The Morgan fingerprint density at radius 1 is 0.675 bits per heavy atom. The molecule has 0 aromatic heterocycles. The maximum absolute atomic E-state index is 6.79. The molecule has 2 heteroatoms. The molecule has 0 saturated heterocycles. The number of aryl methyl sites for hydroxylation is 2. The molecule has 3 aliphatic rings. The third-order valence-corrected chi connectivity index (χ3v) is 10.0. The third kappa shape index (κ3) is 2.74. The summed E-state index contributed by atoms with van der Waals surface area (Å²) in [6, 6.07) is 27.2. The molecule has 0 fully saturated rings. The summed E-state index contributed by atoms with van der Waals surface area (Å²) in [7, 11) is 6.68. The molecule has 5 aromatic rings.